The lowest BCUT2D eigenvalue weighted by molar-refractivity contribution is -0.0441. The third-order valence-corrected chi connectivity index (χ3v) is 6.17. The molecule has 0 aromatic heterocycles. The summed E-state index contributed by atoms with van der Waals surface area (Å²) < 4.78 is 39.4. The molecule has 1 aliphatic heterocycles. The van der Waals surface area contributed by atoms with E-state index in [-0.39, 0.29) is 17.1 Å². The van der Waals surface area contributed by atoms with Gasteiger partial charge in [-0.3, -0.25) is 0 Å². The molecule has 24 heavy (non-hydrogen) atoms. The number of nitrogens with zero attached hydrogens (tertiary/aromatic N) is 1. The number of hydrogen-bond acceptors (Lipinski definition) is 4. The molecule has 1 fully saturated rings. The van der Waals surface area contributed by atoms with Gasteiger partial charge in [0.25, 0.3) is 0 Å². The second-order valence-corrected chi connectivity index (χ2v) is 8.57. The van der Waals surface area contributed by atoms with E-state index >= 15 is 0 Å². The molecular weight excluding hydrogens is 326 g/mol. The number of hydrogen-bond donors (Lipinski definition) is 0. The number of ether oxygens (including phenoxy) is 2. The Morgan fingerprint density at radius 2 is 1.75 bits per heavy atom. The summed E-state index contributed by atoms with van der Waals surface area (Å²) in [4.78, 5) is 0.267. The van der Waals surface area contributed by atoms with Crippen LogP contribution in [0.15, 0.2) is 17.0 Å². The molecule has 1 aromatic rings. The van der Waals surface area contributed by atoms with Crippen LogP contribution in [0, 0.1) is 13.8 Å². The first-order valence-corrected chi connectivity index (χ1v) is 10.1. The van der Waals surface area contributed by atoms with E-state index in [1.54, 1.807) is 6.07 Å². The summed E-state index contributed by atoms with van der Waals surface area (Å²) in [6, 6.07) is 3.57. The first kappa shape index (κ1) is 19.2. The van der Waals surface area contributed by atoms with E-state index in [1.165, 1.54) is 4.31 Å². The molecular formula is C18H29NO4S. The highest BCUT2D eigenvalue weighted by atomic mass is 32.2. The molecule has 0 N–H and O–H groups in total. The number of aryl methyl sites for hydroxylation is 2. The Hall–Kier alpha value is -1.11. The summed E-state index contributed by atoms with van der Waals surface area (Å²) in [6.45, 7) is 11.0. The molecule has 0 unspecified atom stereocenters. The molecule has 1 aromatic carbocycles. The Morgan fingerprint density at radius 1 is 1.17 bits per heavy atom. The van der Waals surface area contributed by atoms with Crippen molar-refractivity contribution in [1.82, 2.24) is 4.31 Å². The maximum Gasteiger partial charge on any atom is 0.246 e. The molecule has 1 aliphatic rings. The molecule has 1 saturated heterocycles. The molecule has 0 aliphatic carbocycles. The van der Waals surface area contributed by atoms with Crippen LogP contribution in [0.3, 0.4) is 0 Å². The predicted molar refractivity (Wildman–Crippen MR) is 95.1 cm³/mol. The zero-order chi connectivity index (χ0) is 17.9. The van der Waals surface area contributed by atoms with Gasteiger partial charge in [0.1, 0.15) is 10.6 Å². The van der Waals surface area contributed by atoms with Crippen LogP contribution in [0.25, 0.3) is 0 Å². The summed E-state index contributed by atoms with van der Waals surface area (Å²) in [7, 11) is -3.61. The van der Waals surface area contributed by atoms with E-state index in [0.717, 1.165) is 24.0 Å². The van der Waals surface area contributed by atoms with Gasteiger partial charge in [-0.05, 0) is 57.4 Å². The second-order valence-electron chi connectivity index (χ2n) is 6.66. The van der Waals surface area contributed by atoms with Gasteiger partial charge in [-0.15, -0.1) is 0 Å². The maximum absolute atomic E-state index is 13.2. The summed E-state index contributed by atoms with van der Waals surface area (Å²) >= 11 is 0. The minimum absolute atomic E-state index is 0.112. The average Bonchev–Trinajstić information content (AvgIpc) is 2.49. The van der Waals surface area contributed by atoms with Crippen molar-refractivity contribution in [2.45, 2.75) is 64.6 Å². The molecule has 6 heteroatoms. The lowest BCUT2D eigenvalue weighted by Gasteiger charge is -2.34. The second kappa shape index (κ2) is 7.85. The fraction of sp³-hybridized carbons (Fsp3) is 0.667. The van der Waals surface area contributed by atoms with Gasteiger partial charge in [-0.1, -0.05) is 13.3 Å². The third kappa shape index (κ3) is 4.29. The molecule has 0 radical (unpaired) electrons. The van der Waals surface area contributed by atoms with Gasteiger partial charge in [0.2, 0.25) is 10.0 Å². The van der Waals surface area contributed by atoms with Crippen molar-refractivity contribution >= 4 is 10.0 Å². The van der Waals surface area contributed by atoms with Gasteiger partial charge in [0.15, 0.2) is 0 Å². The van der Waals surface area contributed by atoms with Crippen LogP contribution < -0.4 is 4.74 Å². The fourth-order valence-electron chi connectivity index (χ4n) is 2.87. The Morgan fingerprint density at radius 3 is 2.33 bits per heavy atom. The number of morpholine rings is 1. The van der Waals surface area contributed by atoms with E-state index in [0.29, 0.717) is 25.4 Å². The number of rotatable bonds is 6. The van der Waals surface area contributed by atoms with Crippen molar-refractivity contribution in [3.63, 3.8) is 0 Å². The van der Waals surface area contributed by atoms with E-state index in [1.807, 2.05) is 33.8 Å². The van der Waals surface area contributed by atoms with Crippen molar-refractivity contribution < 1.29 is 17.9 Å². The summed E-state index contributed by atoms with van der Waals surface area (Å²) in [5.74, 6) is 0.457. The van der Waals surface area contributed by atoms with Gasteiger partial charge in [-0.2, -0.15) is 4.31 Å². The highest BCUT2D eigenvalue weighted by molar-refractivity contribution is 7.89. The Kier molecular flexibility index (Phi) is 6.28. The van der Waals surface area contributed by atoms with Crippen molar-refractivity contribution in [2.75, 3.05) is 19.7 Å². The van der Waals surface area contributed by atoms with Crippen molar-refractivity contribution in [3.05, 3.63) is 23.3 Å². The van der Waals surface area contributed by atoms with Crippen molar-refractivity contribution in [3.8, 4) is 5.75 Å². The molecule has 0 spiro atoms. The molecule has 5 nitrogen and oxygen atoms in total. The lowest BCUT2D eigenvalue weighted by atomic mass is 10.1. The molecule has 0 amide bonds. The number of unbranched alkanes of at least 4 members (excludes halogenated alkanes) is 1. The SMILES string of the molecule is CCCCOc1cc(C)c(C)cc1S(=O)(=O)N1C[C@@H](C)O[C@H](C)C1. The minimum Gasteiger partial charge on any atom is -0.492 e. The molecule has 2 atom stereocenters. The lowest BCUT2D eigenvalue weighted by Crippen LogP contribution is -2.48. The van der Waals surface area contributed by atoms with Gasteiger partial charge < -0.3 is 9.47 Å². The number of benzene rings is 1. The summed E-state index contributed by atoms with van der Waals surface area (Å²) in [6.07, 6.45) is 1.68. The van der Waals surface area contributed by atoms with E-state index < -0.39 is 10.0 Å². The number of sulfonamides is 1. The van der Waals surface area contributed by atoms with Crippen molar-refractivity contribution in [2.24, 2.45) is 0 Å². The van der Waals surface area contributed by atoms with E-state index in [9.17, 15) is 8.42 Å². The topological polar surface area (TPSA) is 55.8 Å². The third-order valence-electron chi connectivity index (χ3n) is 4.32. The molecule has 1 heterocycles. The maximum atomic E-state index is 13.2. The smallest absolute Gasteiger partial charge is 0.246 e. The molecule has 136 valence electrons. The predicted octanol–water partition coefficient (Wildman–Crippen LogP) is 3.28. The van der Waals surface area contributed by atoms with Crippen LogP contribution in [-0.4, -0.2) is 44.6 Å². The largest absolute Gasteiger partial charge is 0.492 e. The normalized spacial score (nSPS) is 22.5. The van der Waals surface area contributed by atoms with Crippen LogP contribution in [0.2, 0.25) is 0 Å². The molecule has 0 saturated carbocycles. The quantitative estimate of drug-likeness (QED) is 0.735. The standard InChI is InChI=1S/C18H29NO4S/c1-6-7-8-22-17-9-13(2)14(3)10-18(17)24(20,21)19-11-15(4)23-16(5)12-19/h9-10,15-16H,6-8,11-12H2,1-5H3/t15-,16-/m1/s1. The van der Waals surface area contributed by atoms with Crippen LogP contribution in [-0.2, 0) is 14.8 Å². The first-order valence-electron chi connectivity index (χ1n) is 8.65. The Bertz CT molecular complexity index is 662. The molecule has 2 rings (SSSR count). The summed E-state index contributed by atoms with van der Waals surface area (Å²) in [5, 5.41) is 0. The van der Waals surface area contributed by atoms with Crippen LogP contribution >= 0.6 is 0 Å². The molecule has 0 bridgehead atoms. The minimum atomic E-state index is -3.61. The van der Waals surface area contributed by atoms with Crippen molar-refractivity contribution in [1.29, 1.82) is 0 Å². The van der Waals surface area contributed by atoms with E-state index in [4.69, 9.17) is 9.47 Å². The van der Waals surface area contributed by atoms with E-state index in [2.05, 4.69) is 6.92 Å². The van der Waals surface area contributed by atoms with Gasteiger partial charge in [0.05, 0.1) is 18.8 Å². The Labute approximate surface area is 146 Å². The van der Waals surface area contributed by atoms with Gasteiger partial charge >= 0.3 is 0 Å². The van der Waals surface area contributed by atoms with Crippen LogP contribution in [0.1, 0.15) is 44.7 Å². The van der Waals surface area contributed by atoms with Crippen LogP contribution in [0.5, 0.6) is 5.75 Å². The average molecular weight is 356 g/mol. The zero-order valence-corrected chi connectivity index (χ0v) is 16.1. The van der Waals surface area contributed by atoms with Gasteiger partial charge in [-0.25, -0.2) is 8.42 Å². The van der Waals surface area contributed by atoms with Crippen LogP contribution in [0.4, 0.5) is 0 Å². The Balaban J connectivity index is 2.38. The monoisotopic (exact) mass is 355 g/mol. The highest BCUT2D eigenvalue weighted by Crippen LogP contribution is 2.31. The zero-order valence-electron chi connectivity index (χ0n) is 15.3. The summed E-state index contributed by atoms with van der Waals surface area (Å²) in [5.41, 5.74) is 1.98. The highest BCUT2D eigenvalue weighted by Gasteiger charge is 2.34. The fourth-order valence-corrected chi connectivity index (χ4v) is 4.66. The van der Waals surface area contributed by atoms with Gasteiger partial charge in [0, 0.05) is 13.1 Å². The first-order chi connectivity index (χ1) is 11.3.